The van der Waals surface area contributed by atoms with Crippen LogP contribution in [0.25, 0.3) is 16.9 Å². The number of rotatable bonds is 4. The van der Waals surface area contributed by atoms with Gasteiger partial charge in [0.05, 0.1) is 12.2 Å². The fraction of sp³-hybridized carbons (Fsp3) is 0.0500. The number of carbonyl (C=O) groups is 1. The Kier molecular flexibility index (Phi) is 3.96. The third kappa shape index (κ3) is 2.99. The van der Waals surface area contributed by atoms with Gasteiger partial charge in [-0.3, -0.25) is 14.2 Å². The number of nitrogens with zero attached hydrogens (tertiary/aromatic N) is 3. The summed E-state index contributed by atoms with van der Waals surface area (Å²) in [5, 5.41) is 2.94. The topological polar surface area (TPSA) is 59.3 Å². The lowest BCUT2D eigenvalue weighted by Gasteiger charge is -2.07. The lowest BCUT2D eigenvalue weighted by Crippen LogP contribution is -2.25. The van der Waals surface area contributed by atoms with Crippen molar-refractivity contribution in [1.29, 1.82) is 0 Å². The summed E-state index contributed by atoms with van der Waals surface area (Å²) in [5.74, 6) is -0.178. The molecule has 0 aliphatic rings. The zero-order valence-corrected chi connectivity index (χ0v) is 13.5. The third-order valence-electron chi connectivity index (χ3n) is 3.95. The lowest BCUT2D eigenvalue weighted by molar-refractivity contribution is 0.0945. The smallest absolute Gasteiger partial charge is 0.270 e. The number of nitrogens with one attached hydrogen (secondary N) is 1. The molecule has 5 heteroatoms. The number of hydrogen-bond donors (Lipinski definition) is 1. The van der Waals surface area contributed by atoms with Crippen LogP contribution in [-0.4, -0.2) is 20.3 Å². The molecule has 0 radical (unpaired) electrons. The molecule has 1 N–H and O–H groups in total. The molecule has 5 nitrogen and oxygen atoms in total. The van der Waals surface area contributed by atoms with Gasteiger partial charge in [0.25, 0.3) is 5.91 Å². The number of hydrogen-bond acceptors (Lipinski definition) is 3. The average Bonchev–Trinajstić information content (AvgIpc) is 3.07. The fourth-order valence-corrected chi connectivity index (χ4v) is 2.77. The van der Waals surface area contributed by atoms with Gasteiger partial charge >= 0.3 is 0 Å². The first-order valence-corrected chi connectivity index (χ1v) is 8.03. The standard InChI is InChI=1S/C20H16N4O/c25-20(22-14-16-10-4-6-12-21-16)19-18(15-8-2-1-3-9-15)23-17-11-5-7-13-24(17)19/h1-13H,14H2,(H,22,25). The van der Waals surface area contributed by atoms with E-state index in [1.54, 1.807) is 6.20 Å². The summed E-state index contributed by atoms with van der Waals surface area (Å²) in [6.07, 6.45) is 3.57. The molecule has 1 amide bonds. The second kappa shape index (κ2) is 6.57. The molecule has 0 spiro atoms. The van der Waals surface area contributed by atoms with E-state index in [2.05, 4.69) is 15.3 Å². The Morgan fingerprint density at radius 2 is 1.76 bits per heavy atom. The molecule has 0 aliphatic carbocycles. The molecule has 0 unspecified atom stereocenters. The van der Waals surface area contributed by atoms with Crippen molar-refractivity contribution in [2.45, 2.75) is 6.54 Å². The summed E-state index contributed by atoms with van der Waals surface area (Å²) in [4.78, 5) is 21.8. The van der Waals surface area contributed by atoms with Gasteiger partial charge in [-0.1, -0.05) is 42.5 Å². The fourth-order valence-electron chi connectivity index (χ4n) is 2.77. The van der Waals surface area contributed by atoms with Gasteiger partial charge < -0.3 is 5.32 Å². The number of carbonyl (C=O) groups excluding carboxylic acids is 1. The molecule has 1 aromatic carbocycles. The van der Waals surface area contributed by atoms with Gasteiger partial charge in [-0.25, -0.2) is 4.98 Å². The highest BCUT2D eigenvalue weighted by Gasteiger charge is 2.20. The minimum Gasteiger partial charge on any atom is -0.345 e. The predicted octanol–water partition coefficient (Wildman–Crippen LogP) is 3.33. The Balaban J connectivity index is 1.73. The molecule has 4 rings (SSSR count). The van der Waals surface area contributed by atoms with E-state index in [4.69, 9.17) is 0 Å². The van der Waals surface area contributed by atoms with Crippen LogP contribution in [0, 0.1) is 0 Å². The molecule has 0 bridgehead atoms. The molecule has 25 heavy (non-hydrogen) atoms. The van der Waals surface area contributed by atoms with Crippen LogP contribution < -0.4 is 5.32 Å². The molecule has 3 heterocycles. The normalized spacial score (nSPS) is 10.7. The summed E-state index contributed by atoms with van der Waals surface area (Å²) in [5.41, 5.74) is 3.66. The van der Waals surface area contributed by atoms with E-state index >= 15 is 0 Å². The Morgan fingerprint density at radius 3 is 2.56 bits per heavy atom. The predicted molar refractivity (Wildman–Crippen MR) is 96.0 cm³/mol. The number of pyridine rings is 2. The number of fused-ring (bicyclic) bond motifs is 1. The van der Waals surface area contributed by atoms with Crippen LogP contribution in [0.1, 0.15) is 16.2 Å². The van der Waals surface area contributed by atoms with Crippen molar-refractivity contribution in [3.8, 4) is 11.3 Å². The molecule has 0 fully saturated rings. The van der Waals surface area contributed by atoms with E-state index in [1.165, 1.54) is 0 Å². The van der Waals surface area contributed by atoms with Crippen LogP contribution in [0.3, 0.4) is 0 Å². The van der Waals surface area contributed by atoms with Crippen LogP contribution in [0.15, 0.2) is 79.1 Å². The van der Waals surface area contributed by atoms with Crippen LogP contribution in [0.4, 0.5) is 0 Å². The van der Waals surface area contributed by atoms with E-state index in [-0.39, 0.29) is 5.91 Å². The quantitative estimate of drug-likeness (QED) is 0.625. The van der Waals surface area contributed by atoms with Gasteiger partial charge in [-0.2, -0.15) is 0 Å². The highest BCUT2D eigenvalue weighted by atomic mass is 16.1. The van der Waals surface area contributed by atoms with Gasteiger partial charge in [0.2, 0.25) is 0 Å². The second-order valence-corrected chi connectivity index (χ2v) is 5.61. The number of amides is 1. The van der Waals surface area contributed by atoms with Gasteiger partial charge in [-0.05, 0) is 24.3 Å². The van der Waals surface area contributed by atoms with Crippen molar-refractivity contribution >= 4 is 11.6 Å². The summed E-state index contributed by atoms with van der Waals surface area (Å²) >= 11 is 0. The van der Waals surface area contributed by atoms with Crippen molar-refractivity contribution in [2.24, 2.45) is 0 Å². The Bertz CT molecular complexity index is 1010. The third-order valence-corrected chi connectivity index (χ3v) is 3.95. The van der Waals surface area contributed by atoms with Crippen molar-refractivity contribution in [3.63, 3.8) is 0 Å². The summed E-state index contributed by atoms with van der Waals surface area (Å²) in [7, 11) is 0. The van der Waals surface area contributed by atoms with Crippen molar-refractivity contribution in [2.75, 3.05) is 0 Å². The molecule has 0 aliphatic heterocycles. The van der Waals surface area contributed by atoms with E-state index < -0.39 is 0 Å². The van der Waals surface area contributed by atoms with Crippen molar-refractivity contribution in [3.05, 3.63) is 90.5 Å². The van der Waals surface area contributed by atoms with Gasteiger partial charge in [0.15, 0.2) is 0 Å². The molecule has 0 saturated carbocycles. The Morgan fingerprint density at radius 1 is 0.960 bits per heavy atom. The first kappa shape index (κ1) is 15.1. The molecule has 0 atom stereocenters. The first-order chi connectivity index (χ1) is 12.3. The molecule has 3 aromatic heterocycles. The Hall–Kier alpha value is -3.47. The maximum atomic E-state index is 12.9. The highest BCUT2D eigenvalue weighted by molar-refractivity contribution is 5.99. The molecule has 4 aromatic rings. The van der Waals surface area contributed by atoms with E-state index in [0.717, 1.165) is 16.9 Å². The summed E-state index contributed by atoms with van der Waals surface area (Å²) < 4.78 is 1.82. The largest absolute Gasteiger partial charge is 0.345 e. The molecular formula is C20H16N4O. The van der Waals surface area contributed by atoms with Crippen LogP contribution in [0.5, 0.6) is 0 Å². The average molecular weight is 328 g/mol. The van der Waals surface area contributed by atoms with E-state index in [1.807, 2.05) is 77.3 Å². The van der Waals surface area contributed by atoms with Gasteiger partial charge in [-0.15, -0.1) is 0 Å². The highest BCUT2D eigenvalue weighted by Crippen LogP contribution is 2.24. The minimum atomic E-state index is -0.178. The van der Waals surface area contributed by atoms with Crippen molar-refractivity contribution < 1.29 is 4.79 Å². The zero-order valence-electron chi connectivity index (χ0n) is 13.5. The van der Waals surface area contributed by atoms with Gasteiger partial charge in [0, 0.05) is 18.0 Å². The van der Waals surface area contributed by atoms with Gasteiger partial charge in [0.1, 0.15) is 17.0 Å². The van der Waals surface area contributed by atoms with E-state index in [9.17, 15) is 4.79 Å². The maximum Gasteiger partial charge on any atom is 0.270 e. The first-order valence-electron chi connectivity index (χ1n) is 8.03. The molecule has 122 valence electrons. The molecule has 0 saturated heterocycles. The SMILES string of the molecule is O=C(NCc1ccccn1)c1c(-c2ccccc2)nc2ccccn12. The van der Waals surface area contributed by atoms with Crippen LogP contribution in [0.2, 0.25) is 0 Å². The molecular weight excluding hydrogens is 312 g/mol. The van der Waals surface area contributed by atoms with Crippen LogP contribution in [-0.2, 0) is 6.54 Å². The van der Waals surface area contributed by atoms with Crippen molar-refractivity contribution in [1.82, 2.24) is 19.7 Å². The second-order valence-electron chi connectivity index (χ2n) is 5.61. The lowest BCUT2D eigenvalue weighted by atomic mass is 10.1. The maximum absolute atomic E-state index is 12.9. The number of imidazole rings is 1. The Labute approximate surface area is 145 Å². The zero-order chi connectivity index (χ0) is 17.1. The summed E-state index contributed by atoms with van der Waals surface area (Å²) in [6.45, 7) is 0.369. The summed E-state index contributed by atoms with van der Waals surface area (Å²) in [6, 6.07) is 21.1. The minimum absolute atomic E-state index is 0.178. The van der Waals surface area contributed by atoms with Crippen LogP contribution >= 0.6 is 0 Å². The number of benzene rings is 1. The monoisotopic (exact) mass is 328 g/mol. The van der Waals surface area contributed by atoms with E-state index in [0.29, 0.717) is 17.9 Å². The number of aromatic nitrogens is 3.